The first-order valence-corrected chi connectivity index (χ1v) is 6.28. The van der Waals surface area contributed by atoms with Gasteiger partial charge in [0.05, 0.1) is 19.1 Å². The minimum absolute atomic E-state index is 0.186. The molecule has 0 saturated heterocycles. The Morgan fingerprint density at radius 1 is 1.76 bits per heavy atom. The van der Waals surface area contributed by atoms with Crippen molar-refractivity contribution < 1.29 is 9.53 Å². The molecule has 0 spiro atoms. The Labute approximate surface area is 102 Å². The van der Waals surface area contributed by atoms with Crippen molar-refractivity contribution in [2.24, 2.45) is 0 Å². The summed E-state index contributed by atoms with van der Waals surface area (Å²) in [5, 5.41) is 0.573. The standard InChI is InChI=1S/C10H13N3O3S/c1-2-16-9(15)3-6-5-17-10-12-7(11)4-8(14)13(6)10/h4,6H,2-3,5,11H2,1H3. The lowest BCUT2D eigenvalue weighted by Crippen LogP contribution is -2.26. The van der Waals surface area contributed by atoms with E-state index in [1.54, 1.807) is 6.92 Å². The molecule has 0 bridgehead atoms. The molecule has 2 heterocycles. The van der Waals surface area contributed by atoms with Crippen molar-refractivity contribution in [1.82, 2.24) is 9.55 Å². The van der Waals surface area contributed by atoms with Crippen LogP contribution in [0.25, 0.3) is 0 Å². The van der Waals surface area contributed by atoms with Crippen molar-refractivity contribution in [1.29, 1.82) is 0 Å². The number of thioether (sulfide) groups is 1. The number of esters is 1. The molecular formula is C10H13N3O3S. The van der Waals surface area contributed by atoms with E-state index in [1.807, 2.05) is 0 Å². The van der Waals surface area contributed by atoms with Crippen molar-refractivity contribution in [3.05, 3.63) is 16.4 Å². The van der Waals surface area contributed by atoms with Crippen LogP contribution in [0.4, 0.5) is 5.82 Å². The van der Waals surface area contributed by atoms with Crippen LogP contribution in [-0.4, -0.2) is 27.9 Å². The van der Waals surface area contributed by atoms with Crippen LogP contribution in [0.1, 0.15) is 19.4 Å². The molecule has 0 aliphatic carbocycles. The van der Waals surface area contributed by atoms with Gasteiger partial charge in [-0.15, -0.1) is 0 Å². The number of carbonyl (C=O) groups excluding carboxylic acids is 1. The summed E-state index contributed by atoms with van der Waals surface area (Å²) in [7, 11) is 0. The second-order valence-corrected chi connectivity index (χ2v) is 4.63. The van der Waals surface area contributed by atoms with Crippen LogP contribution in [0.15, 0.2) is 16.0 Å². The molecule has 1 unspecified atom stereocenters. The molecule has 1 aromatic rings. The van der Waals surface area contributed by atoms with Gasteiger partial charge in [-0.25, -0.2) is 4.98 Å². The third-order valence-electron chi connectivity index (χ3n) is 2.42. The Morgan fingerprint density at radius 2 is 2.53 bits per heavy atom. The Hall–Kier alpha value is -1.50. The first-order valence-electron chi connectivity index (χ1n) is 5.29. The van der Waals surface area contributed by atoms with E-state index in [4.69, 9.17) is 10.5 Å². The lowest BCUT2D eigenvalue weighted by molar-refractivity contribution is -0.143. The summed E-state index contributed by atoms with van der Waals surface area (Å²) in [5.41, 5.74) is 5.28. The minimum atomic E-state index is -0.297. The van der Waals surface area contributed by atoms with Gasteiger partial charge in [-0.1, -0.05) is 11.8 Å². The number of fused-ring (bicyclic) bond motifs is 1. The normalized spacial score (nSPS) is 17.8. The molecule has 1 aromatic heterocycles. The van der Waals surface area contributed by atoms with E-state index in [0.717, 1.165) is 0 Å². The van der Waals surface area contributed by atoms with Crippen LogP contribution in [-0.2, 0) is 9.53 Å². The number of anilines is 1. The summed E-state index contributed by atoms with van der Waals surface area (Å²) >= 11 is 1.43. The Kier molecular flexibility index (Phi) is 3.37. The number of nitrogen functional groups attached to an aromatic ring is 1. The summed E-state index contributed by atoms with van der Waals surface area (Å²) in [4.78, 5) is 27.2. The molecule has 0 fully saturated rings. The average molecular weight is 255 g/mol. The monoisotopic (exact) mass is 255 g/mol. The van der Waals surface area contributed by atoms with Gasteiger partial charge < -0.3 is 10.5 Å². The Bertz CT molecular complexity index is 500. The number of aromatic nitrogens is 2. The molecule has 6 nitrogen and oxygen atoms in total. The van der Waals surface area contributed by atoms with Gasteiger partial charge >= 0.3 is 5.97 Å². The van der Waals surface area contributed by atoms with Gasteiger partial charge in [-0.2, -0.15) is 0 Å². The fourth-order valence-corrected chi connectivity index (χ4v) is 2.89. The van der Waals surface area contributed by atoms with E-state index < -0.39 is 0 Å². The number of nitrogens with zero attached hydrogens (tertiary/aromatic N) is 2. The number of hydrogen-bond donors (Lipinski definition) is 1. The molecule has 0 saturated carbocycles. The van der Waals surface area contributed by atoms with Crippen molar-refractivity contribution >= 4 is 23.5 Å². The van der Waals surface area contributed by atoms with E-state index in [9.17, 15) is 9.59 Å². The zero-order valence-electron chi connectivity index (χ0n) is 9.38. The lowest BCUT2D eigenvalue weighted by Gasteiger charge is -2.11. The second-order valence-electron chi connectivity index (χ2n) is 3.65. The van der Waals surface area contributed by atoms with Gasteiger partial charge in [0.15, 0.2) is 5.16 Å². The van der Waals surface area contributed by atoms with Crippen LogP contribution in [0.2, 0.25) is 0 Å². The fraction of sp³-hybridized carbons (Fsp3) is 0.500. The molecule has 0 aromatic carbocycles. The van der Waals surface area contributed by atoms with Crippen LogP contribution in [0.5, 0.6) is 0 Å². The predicted octanol–water partition coefficient (Wildman–Crippen LogP) is 0.426. The minimum Gasteiger partial charge on any atom is -0.466 e. The smallest absolute Gasteiger partial charge is 0.307 e. The molecule has 7 heteroatoms. The number of carbonyl (C=O) groups is 1. The molecule has 0 amide bonds. The highest BCUT2D eigenvalue weighted by molar-refractivity contribution is 7.99. The highest BCUT2D eigenvalue weighted by Gasteiger charge is 2.27. The summed E-state index contributed by atoms with van der Waals surface area (Å²) in [6.45, 7) is 2.10. The molecule has 1 atom stereocenters. The van der Waals surface area contributed by atoms with Crippen LogP contribution >= 0.6 is 11.8 Å². The van der Waals surface area contributed by atoms with Gasteiger partial charge in [-0.05, 0) is 6.92 Å². The molecule has 2 rings (SSSR count). The predicted molar refractivity (Wildman–Crippen MR) is 63.9 cm³/mol. The van der Waals surface area contributed by atoms with E-state index in [-0.39, 0.29) is 29.8 Å². The zero-order valence-corrected chi connectivity index (χ0v) is 10.2. The highest BCUT2D eigenvalue weighted by atomic mass is 32.2. The lowest BCUT2D eigenvalue weighted by atomic mass is 10.2. The van der Waals surface area contributed by atoms with Gasteiger partial charge in [0.1, 0.15) is 5.82 Å². The van der Waals surface area contributed by atoms with Crippen molar-refractivity contribution in [2.45, 2.75) is 24.5 Å². The van der Waals surface area contributed by atoms with Crippen molar-refractivity contribution in [2.75, 3.05) is 18.1 Å². The van der Waals surface area contributed by atoms with Gasteiger partial charge in [-0.3, -0.25) is 14.2 Å². The first kappa shape index (κ1) is 12.0. The average Bonchev–Trinajstić information content (AvgIpc) is 2.61. The molecule has 17 heavy (non-hydrogen) atoms. The molecule has 1 aliphatic rings. The van der Waals surface area contributed by atoms with Crippen molar-refractivity contribution in [3.8, 4) is 0 Å². The maximum Gasteiger partial charge on any atom is 0.307 e. The number of ether oxygens (including phenoxy) is 1. The number of rotatable bonds is 3. The van der Waals surface area contributed by atoms with Crippen LogP contribution in [0.3, 0.4) is 0 Å². The topological polar surface area (TPSA) is 87.2 Å². The van der Waals surface area contributed by atoms with E-state index in [0.29, 0.717) is 17.5 Å². The zero-order chi connectivity index (χ0) is 12.4. The number of hydrogen-bond acceptors (Lipinski definition) is 6. The van der Waals surface area contributed by atoms with Crippen LogP contribution < -0.4 is 11.3 Å². The molecule has 92 valence electrons. The maximum absolute atomic E-state index is 11.8. The summed E-state index contributed by atoms with van der Waals surface area (Å²) < 4.78 is 6.39. The van der Waals surface area contributed by atoms with Gasteiger partial charge in [0.25, 0.3) is 5.56 Å². The summed E-state index contributed by atoms with van der Waals surface area (Å²) in [6, 6.07) is 1.09. The molecule has 0 radical (unpaired) electrons. The molecule has 2 N–H and O–H groups in total. The van der Waals surface area contributed by atoms with E-state index >= 15 is 0 Å². The Morgan fingerprint density at radius 3 is 3.24 bits per heavy atom. The summed E-state index contributed by atoms with van der Waals surface area (Å²) in [6.07, 6.45) is 0.194. The third kappa shape index (κ3) is 2.44. The number of nitrogens with two attached hydrogens (primary N) is 1. The maximum atomic E-state index is 11.8. The first-order chi connectivity index (χ1) is 8.11. The highest BCUT2D eigenvalue weighted by Crippen LogP contribution is 2.32. The summed E-state index contributed by atoms with van der Waals surface area (Å²) in [5.74, 6) is 0.560. The quantitative estimate of drug-likeness (QED) is 0.622. The van der Waals surface area contributed by atoms with Gasteiger partial charge in [0, 0.05) is 11.8 Å². The molecule has 1 aliphatic heterocycles. The fourth-order valence-electron chi connectivity index (χ4n) is 1.73. The molecular weight excluding hydrogens is 242 g/mol. The van der Waals surface area contributed by atoms with Crippen LogP contribution in [0, 0.1) is 0 Å². The Balaban J connectivity index is 2.22. The SMILES string of the molecule is CCOC(=O)CC1CSc2nc(N)cc(=O)n21. The third-order valence-corrected chi connectivity index (χ3v) is 3.51. The van der Waals surface area contributed by atoms with Crippen molar-refractivity contribution in [3.63, 3.8) is 0 Å². The van der Waals surface area contributed by atoms with E-state index in [1.165, 1.54) is 22.4 Å². The van der Waals surface area contributed by atoms with Gasteiger partial charge in [0.2, 0.25) is 0 Å². The van der Waals surface area contributed by atoms with E-state index in [2.05, 4.69) is 4.98 Å². The largest absolute Gasteiger partial charge is 0.466 e. The second kappa shape index (κ2) is 4.79.